The summed E-state index contributed by atoms with van der Waals surface area (Å²) in [6.45, 7) is 11.2. The monoisotopic (exact) mass is 264 g/mol. The fraction of sp³-hybridized carbons (Fsp3) is 0.688. The van der Waals surface area contributed by atoms with E-state index < -0.39 is 0 Å². The summed E-state index contributed by atoms with van der Waals surface area (Å²) < 4.78 is 5.93. The summed E-state index contributed by atoms with van der Waals surface area (Å²) >= 11 is 0. The standard InChI is InChI=1S/C16H28N2O/c1-5-7-13(3)12-19-16-9-8-14(4)18-15(16)11-17-10-6-2/h8-9,13,17H,5-7,10-12H2,1-4H3. The Morgan fingerprint density at radius 3 is 2.74 bits per heavy atom. The molecule has 1 rings (SSSR count). The molecule has 1 heterocycles. The third-order valence-corrected chi connectivity index (χ3v) is 3.10. The first-order valence-corrected chi connectivity index (χ1v) is 7.47. The molecule has 3 heteroatoms. The van der Waals surface area contributed by atoms with E-state index in [9.17, 15) is 0 Å². The van der Waals surface area contributed by atoms with Crippen molar-refractivity contribution < 1.29 is 4.74 Å². The quantitative estimate of drug-likeness (QED) is 0.690. The molecule has 0 aliphatic carbocycles. The fourth-order valence-corrected chi connectivity index (χ4v) is 2.05. The maximum absolute atomic E-state index is 5.93. The third kappa shape index (κ3) is 6.06. The van der Waals surface area contributed by atoms with Crippen LogP contribution in [0, 0.1) is 12.8 Å². The molecule has 0 aliphatic heterocycles. The highest BCUT2D eigenvalue weighted by molar-refractivity contribution is 5.29. The summed E-state index contributed by atoms with van der Waals surface area (Å²) in [7, 11) is 0. The Kier molecular flexibility index (Phi) is 7.49. The molecule has 1 aromatic rings. The van der Waals surface area contributed by atoms with Gasteiger partial charge >= 0.3 is 0 Å². The van der Waals surface area contributed by atoms with Gasteiger partial charge in [0.2, 0.25) is 0 Å². The van der Waals surface area contributed by atoms with Crippen LogP contribution in [0.25, 0.3) is 0 Å². The Balaban J connectivity index is 2.59. The molecule has 108 valence electrons. The zero-order chi connectivity index (χ0) is 14.1. The van der Waals surface area contributed by atoms with Crippen molar-refractivity contribution in [1.82, 2.24) is 10.3 Å². The van der Waals surface area contributed by atoms with Crippen LogP contribution in [0.15, 0.2) is 12.1 Å². The molecule has 1 aromatic heterocycles. The third-order valence-electron chi connectivity index (χ3n) is 3.10. The van der Waals surface area contributed by atoms with Crippen molar-refractivity contribution in [2.45, 2.75) is 53.5 Å². The molecule has 1 atom stereocenters. The Labute approximate surface area is 117 Å². The largest absolute Gasteiger partial charge is 0.491 e. The molecule has 1 N–H and O–H groups in total. The predicted molar refractivity (Wildman–Crippen MR) is 80.5 cm³/mol. The van der Waals surface area contributed by atoms with Crippen molar-refractivity contribution in [3.8, 4) is 5.75 Å². The number of nitrogens with one attached hydrogen (secondary N) is 1. The number of nitrogens with zero attached hydrogens (tertiary/aromatic N) is 1. The van der Waals surface area contributed by atoms with Crippen LogP contribution in [0.5, 0.6) is 5.75 Å². The van der Waals surface area contributed by atoms with Gasteiger partial charge in [0, 0.05) is 12.2 Å². The minimum atomic E-state index is 0.600. The van der Waals surface area contributed by atoms with E-state index in [4.69, 9.17) is 4.74 Å². The van der Waals surface area contributed by atoms with Gasteiger partial charge in [0.1, 0.15) is 5.75 Å². The van der Waals surface area contributed by atoms with E-state index in [1.54, 1.807) is 0 Å². The fourth-order valence-electron chi connectivity index (χ4n) is 2.05. The molecular weight excluding hydrogens is 236 g/mol. The molecule has 0 aliphatic rings. The minimum Gasteiger partial charge on any atom is -0.491 e. The Hall–Kier alpha value is -1.09. The molecule has 1 unspecified atom stereocenters. The lowest BCUT2D eigenvalue weighted by atomic mass is 10.1. The number of aromatic nitrogens is 1. The number of hydrogen-bond acceptors (Lipinski definition) is 3. The van der Waals surface area contributed by atoms with Crippen LogP contribution >= 0.6 is 0 Å². The highest BCUT2D eigenvalue weighted by atomic mass is 16.5. The van der Waals surface area contributed by atoms with Gasteiger partial charge in [-0.15, -0.1) is 0 Å². The van der Waals surface area contributed by atoms with Crippen LogP contribution in [-0.2, 0) is 6.54 Å². The lowest BCUT2D eigenvalue weighted by molar-refractivity contribution is 0.247. The molecule has 0 saturated carbocycles. The van der Waals surface area contributed by atoms with E-state index in [0.717, 1.165) is 43.3 Å². The van der Waals surface area contributed by atoms with Crippen molar-refractivity contribution in [3.63, 3.8) is 0 Å². The van der Waals surface area contributed by atoms with Crippen LogP contribution in [0.3, 0.4) is 0 Å². The van der Waals surface area contributed by atoms with Gasteiger partial charge in [-0.05, 0) is 44.4 Å². The lowest BCUT2D eigenvalue weighted by Crippen LogP contribution is -2.17. The highest BCUT2D eigenvalue weighted by Crippen LogP contribution is 2.18. The number of hydrogen-bond donors (Lipinski definition) is 1. The van der Waals surface area contributed by atoms with Gasteiger partial charge in [0.05, 0.1) is 12.3 Å². The molecule has 0 bridgehead atoms. The zero-order valence-corrected chi connectivity index (χ0v) is 12.8. The topological polar surface area (TPSA) is 34.2 Å². The average molecular weight is 264 g/mol. The van der Waals surface area contributed by atoms with Crippen molar-refractivity contribution in [2.75, 3.05) is 13.2 Å². The van der Waals surface area contributed by atoms with Crippen LogP contribution in [-0.4, -0.2) is 18.1 Å². The summed E-state index contributed by atoms with van der Waals surface area (Å²) in [6, 6.07) is 4.06. The highest BCUT2D eigenvalue weighted by Gasteiger charge is 2.08. The van der Waals surface area contributed by atoms with Crippen LogP contribution in [0.2, 0.25) is 0 Å². The summed E-state index contributed by atoms with van der Waals surface area (Å²) in [5.74, 6) is 1.53. The normalized spacial score (nSPS) is 12.4. The van der Waals surface area contributed by atoms with Gasteiger partial charge in [0.15, 0.2) is 0 Å². The Morgan fingerprint density at radius 2 is 2.05 bits per heavy atom. The van der Waals surface area contributed by atoms with Gasteiger partial charge in [-0.3, -0.25) is 4.98 Å². The second-order valence-corrected chi connectivity index (χ2v) is 5.28. The second-order valence-electron chi connectivity index (χ2n) is 5.28. The number of ether oxygens (including phenoxy) is 1. The number of rotatable bonds is 9. The van der Waals surface area contributed by atoms with Crippen molar-refractivity contribution in [3.05, 3.63) is 23.5 Å². The molecule has 0 radical (unpaired) electrons. The molecule has 0 aromatic carbocycles. The lowest BCUT2D eigenvalue weighted by Gasteiger charge is -2.15. The molecule has 0 spiro atoms. The SMILES string of the molecule is CCCNCc1nc(C)ccc1OCC(C)CCC. The summed E-state index contributed by atoms with van der Waals surface area (Å²) in [4.78, 5) is 4.58. The number of pyridine rings is 1. The molecular formula is C16H28N2O. The van der Waals surface area contributed by atoms with Gasteiger partial charge in [0.25, 0.3) is 0 Å². The minimum absolute atomic E-state index is 0.600. The van der Waals surface area contributed by atoms with E-state index in [1.165, 1.54) is 12.8 Å². The van der Waals surface area contributed by atoms with Crippen LogP contribution in [0.1, 0.15) is 51.4 Å². The van der Waals surface area contributed by atoms with Crippen molar-refractivity contribution >= 4 is 0 Å². The molecule has 3 nitrogen and oxygen atoms in total. The van der Waals surface area contributed by atoms with Gasteiger partial charge in [-0.1, -0.05) is 27.2 Å². The zero-order valence-electron chi connectivity index (χ0n) is 12.8. The molecule has 19 heavy (non-hydrogen) atoms. The summed E-state index contributed by atoms with van der Waals surface area (Å²) in [6.07, 6.45) is 3.56. The van der Waals surface area contributed by atoms with Gasteiger partial charge < -0.3 is 10.1 Å². The maximum atomic E-state index is 5.93. The smallest absolute Gasteiger partial charge is 0.142 e. The number of aryl methyl sites for hydroxylation is 1. The predicted octanol–water partition coefficient (Wildman–Crippen LogP) is 3.70. The first kappa shape index (κ1) is 16.0. The summed E-state index contributed by atoms with van der Waals surface area (Å²) in [5.41, 5.74) is 2.07. The first-order valence-electron chi connectivity index (χ1n) is 7.47. The molecule has 0 fully saturated rings. The van der Waals surface area contributed by atoms with E-state index in [1.807, 2.05) is 19.1 Å². The second kappa shape index (κ2) is 8.92. The van der Waals surface area contributed by atoms with Gasteiger partial charge in [-0.2, -0.15) is 0 Å². The average Bonchev–Trinajstić information content (AvgIpc) is 2.38. The molecule has 0 amide bonds. The van der Waals surface area contributed by atoms with E-state index >= 15 is 0 Å². The van der Waals surface area contributed by atoms with E-state index in [0.29, 0.717) is 5.92 Å². The molecule has 0 saturated heterocycles. The van der Waals surface area contributed by atoms with E-state index in [2.05, 4.69) is 31.1 Å². The first-order chi connectivity index (χ1) is 9.17. The summed E-state index contributed by atoms with van der Waals surface area (Å²) in [5, 5.41) is 3.39. The van der Waals surface area contributed by atoms with Crippen LogP contribution in [0.4, 0.5) is 0 Å². The maximum Gasteiger partial charge on any atom is 0.142 e. The Morgan fingerprint density at radius 1 is 1.26 bits per heavy atom. The Bertz CT molecular complexity index is 366. The van der Waals surface area contributed by atoms with Crippen molar-refractivity contribution in [2.24, 2.45) is 5.92 Å². The van der Waals surface area contributed by atoms with Crippen molar-refractivity contribution in [1.29, 1.82) is 0 Å². The van der Waals surface area contributed by atoms with Gasteiger partial charge in [-0.25, -0.2) is 0 Å². The van der Waals surface area contributed by atoms with E-state index in [-0.39, 0.29) is 0 Å². The van der Waals surface area contributed by atoms with Crippen LogP contribution < -0.4 is 10.1 Å².